The molecule has 3 aromatic rings. The Balaban J connectivity index is 1.32. The molecular weight excluding hydrogens is 326 g/mol. The van der Waals surface area contributed by atoms with E-state index in [-0.39, 0.29) is 0 Å². The third-order valence-electron chi connectivity index (χ3n) is 4.45. The third kappa shape index (κ3) is 3.75. The highest BCUT2D eigenvalue weighted by molar-refractivity contribution is 5.55. The smallest absolute Gasteiger partial charge is 0.231 e. The van der Waals surface area contributed by atoms with E-state index in [9.17, 15) is 0 Å². The number of hydrogen-bond donors (Lipinski definition) is 1. The first-order valence-corrected chi connectivity index (χ1v) is 8.68. The molecule has 26 heavy (non-hydrogen) atoms. The van der Waals surface area contributed by atoms with Gasteiger partial charge in [0.25, 0.3) is 0 Å². The van der Waals surface area contributed by atoms with Crippen molar-refractivity contribution in [1.29, 1.82) is 0 Å². The Morgan fingerprint density at radius 1 is 0.923 bits per heavy atom. The zero-order valence-corrected chi connectivity index (χ0v) is 14.7. The van der Waals surface area contributed by atoms with Crippen molar-refractivity contribution in [2.24, 2.45) is 0 Å². The van der Waals surface area contributed by atoms with Gasteiger partial charge in [0.1, 0.15) is 12.4 Å². The van der Waals surface area contributed by atoms with Crippen LogP contribution in [0.1, 0.15) is 16.7 Å². The minimum absolute atomic E-state index is 0.294. The average Bonchev–Trinajstić information content (AvgIpc) is 3.14. The summed E-state index contributed by atoms with van der Waals surface area (Å²) >= 11 is 0. The maximum atomic E-state index is 5.89. The van der Waals surface area contributed by atoms with Gasteiger partial charge in [-0.1, -0.05) is 36.4 Å². The van der Waals surface area contributed by atoms with Gasteiger partial charge in [-0.15, -0.1) is 0 Å². The zero-order chi connectivity index (χ0) is 17.8. The summed E-state index contributed by atoms with van der Waals surface area (Å²) < 4.78 is 16.6. The van der Waals surface area contributed by atoms with E-state index in [0.717, 1.165) is 29.5 Å². The lowest BCUT2D eigenvalue weighted by atomic mass is 10.1. The van der Waals surface area contributed by atoms with Gasteiger partial charge >= 0.3 is 0 Å². The molecule has 0 amide bonds. The fraction of sp³-hybridized carbons (Fsp3) is 0.182. The number of fused-ring (bicyclic) bond motifs is 1. The van der Waals surface area contributed by atoms with E-state index < -0.39 is 0 Å². The molecule has 4 heteroatoms. The molecule has 1 heterocycles. The number of aryl methyl sites for hydroxylation is 1. The van der Waals surface area contributed by atoms with Gasteiger partial charge < -0.3 is 19.5 Å². The summed E-state index contributed by atoms with van der Waals surface area (Å²) in [5.41, 5.74) is 4.65. The summed E-state index contributed by atoms with van der Waals surface area (Å²) in [5, 5.41) is 3.40. The van der Waals surface area contributed by atoms with Crippen molar-refractivity contribution in [2.75, 3.05) is 12.1 Å². The summed E-state index contributed by atoms with van der Waals surface area (Å²) in [6.07, 6.45) is 0. The van der Waals surface area contributed by atoms with Crippen molar-refractivity contribution in [2.45, 2.75) is 20.1 Å². The van der Waals surface area contributed by atoms with Gasteiger partial charge in [-0.3, -0.25) is 0 Å². The van der Waals surface area contributed by atoms with Crippen molar-refractivity contribution >= 4 is 5.69 Å². The second-order valence-electron chi connectivity index (χ2n) is 6.28. The fourth-order valence-corrected chi connectivity index (χ4v) is 2.85. The molecule has 1 N–H and O–H groups in total. The second kappa shape index (κ2) is 7.40. The molecule has 1 aliphatic heterocycles. The Bertz CT molecular complexity index is 890. The molecule has 3 aromatic carbocycles. The summed E-state index contributed by atoms with van der Waals surface area (Å²) in [5.74, 6) is 2.46. The standard InChI is InChI=1S/C22H21NO3/c1-16-4-2-3-5-18(16)14-24-20-9-6-17(7-10-20)13-23-19-8-11-21-22(12-19)26-15-25-21/h2-12,23H,13-15H2,1H3. The number of nitrogens with one attached hydrogen (secondary N) is 1. The normalized spacial score (nSPS) is 12.0. The highest BCUT2D eigenvalue weighted by atomic mass is 16.7. The number of benzene rings is 3. The predicted octanol–water partition coefficient (Wildman–Crippen LogP) is 4.91. The first-order valence-electron chi connectivity index (χ1n) is 8.68. The minimum Gasteiger partial charge on any atom is -0.489 e. The first-order chi connectivity index (χ1) is 12.8. The van der Waals surface area contributed by atoms with Gasteiger partial charge in [0.05, 0.1) is 0 Å². The van der Waals surface area contributed by atoms with Gasteiger partial charge in [-0.25, -0.2) is 0 Å². The highest BCUT2D eigenvalue weighted by Crippen LogP contribution is 2.34. The van der Waals surface area contributed by atoms with E-state index in [2.05, 4.69) is 36.5 Å². The van der Waals surface area contributed by atoms with E-state index in [1.54, 1.807) is 0 Å². The van der Waals surface area contributed by atoms with Crippen molar-refractivity contribution in [3.8, 4) is 17.2 Å². The van der Waals surface area contributed by atoms with Crippen LogP contribution in [0.2, 0.25) is 0 Å². The lowest BCUT2D eigenvalue weighted by Gasteiger charge is -2.10. The number of ether oxygens (including phenoxy) is 3. The van der Waals surface area contributed by atoms with Crippen molar-refractivity contribution in [3.05, 3.63) is 83.4 Å². The fourth-order valence-electron chi connectivity index (χ4n) is 2.85. The maximum absolute atomic E-state index is 5.89. The molecule has 0 saturated carbocycles. The average molecular weight is 347 g/mol. The van der Waals surface area contributed by atoms with Crippen LogP contribution in [0.3, 0.4) is 0 Å². The molecule has 0 radical (unpaired) electrons. The van der Waals surface area contributed by atoms with E-state index in [1.165, 1.54) is 16.7 Å². The summed E-state index contributed by atoms with van der Waals surface area (Å²) in [4.78, 5) is 0. The first kappa shape index (κ1) is 16.3. The Kier molecular flexibility index (Phi) is 4.65. The molecule has 1 aliphatic rings. The maximum Gasteiger partial charge on any atom is 0.231 e. The van der Waals surface area contributed by atoms with Gasteiger partial charge in [-0.2, -0.15) is 0 Å². The van der Waals surface area contributed by atoms with Crippen LogP contribution in [0.4, 0.5) is 5.69 Å². The van der Waals surface area contributed by atoms with Crippen LogP contribution in [0.5, 0.6) is 17.2 Å². The van der Waals surface area contributed by atoms with Crippen LogP contribution >= 0.6 is 0 Å². The Morgan fingerprint density at radius 3 is 2.58 bits per heavy atom. The lowest BCUT2D eigenvalue weighted by Crippen LogP contribution is -2.00. The molecule has 0 fully saturated rings. The molecule has 0 unspecified atom stereocenters. The SMILES string of the molecule is Cc1ccccc1COc1ccc(CNc2ccc3c(c2)OCO3)cc1. The molecule has 0 atom stereocenters. The topological polar surface area (TPSA) is 39.7 Å². The van der Waals surface area contributed by atoms with Crippen molar-refractivity contribution < 1.29 is 14.2 Å². The number of rotatable bonds is 6. The van der Waals surface area contributed by atoms with Gasteiger partial charge in [0.15, 0.2) is 11.5 Å². The summed E-state index contributed by atoms with van der Waals surface area (Å²) in [6.45, 7) is 3.71. The van der Waals surface area contributed by atoms with Crippen LogP contribution in [0.25, 0.3) is 0 Å². The molecule has 0 spiro atoms. The highest BCUT2D eigenvalue weighted by Gasteiger charge is 2.12. The van der Waals surface area contributed by atoms with Crippen LogP contribution in [0.15, 0.2) is 66.7 Å². The van der Waals surface area contributed by atoms with E-state index >= 15 is 0 Å². The molecular formula is C22H21NO3. The largest absolute Gasteiger partial charge is 0.489 e. The summed E-state index contributed by atoms with van der Waals surface area (Å²) in [6, 6.07) is 22.3. The van der Waals surface area contributed by atoms with Crippen LogP contribution in [0, 0.1) is 6.92 Å². The predicted molar refractivity (Wildman–Crippen MR) is 102 cm³/mol. The van der Waals surface area contributed by atoms with Crippen LogP contribution in [-0.2, 0) is 13.2 Å². The zero-order valence-electron chi connectivity index (χ0n) is 14.7. The van der Waals surface area contributed by atoms with E-state index in [1.807, 2.05) is 42.5 Å². The van der Waals surface area contributed by atoms with Gasteiger partial charge in [0, 0.05) is 18.3 Å². The molecule has 0 saturated heterocycles. The molecule has 4 nitrogen and oxygen atoms in total. The lowest BCUT2D eigenvalue weighted by molar-refractivity contribution is 0.174. The van der Waals surface area contributed by atoms with Gasteiger partial charge in [-0.05, 0) is 47.9 Å². The van der Waals surface area contributed by atoms with Crippen molar-refractivity contribution in [3.63, 3.8) is 0 Å². The van der Waals surface area contributed by atoms with E-state index in [4.69, 9.17) is 14.2 Å². The quantitative estimate of drug-likeness (QED) is 0.687. The van der Waals surface area contributed by atoms with Crippen LogP contribution in [-0.4, -0.2) is 6.79 Å². The van der Waals surface area contributed by atoms with Crippen LogP contribution < -0.4 is 19.5 Å². The Morgan fingerprint density at radius 2 is 1.73 bits per heavy atom. The Labute approximate surface area is 153 Å². The monoisotopic (exact) mass is 347 g/mol. The third-order valence-corrected chi connectivity index (χ3v) is 4.45. The summed E-state index contributed by atoms with van der Waals surface area (Å²) in [7, 11) is 0. The van der Waals surface area contributed by atoms with Crippen molar-refractivity contribution in [1.82, 2.24) is 0 Å². The Hall–Kier alpha value is -3.14. The molecule has 0 aliphatic carbocycles. The van der Waals surface area contributed by atoms with E-state index in [0.29, 0.717) is 13.4 Å². The number of hydrogen-bond acceptors (Lipinski definition) is 4. The second-order valence-corrected chi connectivity index (χ2v) is 6.28. The molecule has 132 valence electrons. The van der Waals surface area contributed by atoms with Gasteiger partial charge in [0.2, 0.25) is 6.79 Å². The molecule has 0 aromatic heterocycles. The number of anilines is 1. The molecule has 0 bridgehead atoms. The minimum atomic E-state index is 0.294. The molecule has 4 rings (SSSR count).